The van der Waals surface area contributed by atoms with Crippen LogP contribution in [0.2, 0.25) is 5.02 Å². The van der Waals surface area contributed by atoms with Crippen molar-refractivity contribution >= 4 is 11.6 Å². The summed E-state index contributed by atoms with van der Waals surface area (Å²) in [6, 6.07) is 0. The van der Waals surface area contributed by atoms with Crippen molar-refractivity contribution in [3.05, 3.63) is 16.9 Å². The maximum absolute atomic E-state index is 10.4. The van der Waals surface area contributed by atoms with Gasteiger partial charge in [-0.05, 0) is 24.7 Å². The van der Waals surface area contributed by atoms with Gasteiger partial charge in [0.1, 0.15) is 0 Å². The number of aliphatic hydroxyl groups excluding tert-OH is 1. The van der Waals surface area contributed by atoms with E-state index in [0.29, 0.717) is 10.9 Å². The van der Waals surface area contributed by atoms with Gasteiger partial charge in [-0.2, -0.15) is 5.10 Å². The van der Waals surface area contributed by atoms with Crippen LogP contribution in [0.25, 0.3) is 0 Å². The van der Waals surface area contributed by atoms with Crippen LogP contribution in [0.1, 0.15) is 50.8 Å². The molecule has 1 aliphatic carbocycles. The van der Waals surface area contributed by atoms with Crippen LogP contribution >= 0.6 is 11.6 Å². The Morgan fingerprint density at radius 3 is 2.59 bits per heavy atom. The highest BCUT2D eigenvalue weighted by Gasteiger charge is 2.29. The molecule has 2 rings (SSSR count). The minimum Gasteiger partial charge on any atom is -0.386 e. The van der Waals surface area contributed by atoms with Crippen molar-refractivity contribution in [2.75, 3.05) is 0 Å². The number of aromatic nitrogens is 2. The van der Waals surface area contributed by atoms with Gasteiger partial charge in [0.05, 0.1) is 23.0 Å². The van der Waals surface area contributed by atoms with Crippen molar-refractivity contribution in [1.82, 2.24) is 9.78 Å². The average molecular weight is 257 g/mol. The third kappa shape index (κ3) is 2.66. The smallest absolute Gasteiger partial charge is 0.0999 e. The molecule has 1 aromatic heterocycles. The van der Waals surface area contributed by atoms with Crippen molar-refractivity contribution in [3.63, 3.8) is 0 Å². The summed E-state index contributed by atoms with van der Waals surface area (Å²) < 4.78 is 1.69. The molecule has 1 atom stereocenters. The fraction of sp³-hybridized carbons (Fsp3) is 0.769. The van der Waals surface area contributed by atoms with E-state index < -0.39 is 6.10 Å². The van der Waals surface area contributed by atoms with Crippen LogP contribution in [0, 0.1) is 11.8 Å². The lowest BCUT2D eigenvalue weighted by Gasteiger charge is -2.31. The largest absolute Gasteiger partial charge is 0.386 e. The third-order valence-electron chi connectivity index (χ3n) is 4.13. The SMILES string of the molecule is CCC1CCC(C(O)c2c(Cl)cnn2C)CC1. The molecule has 4 heteroatoms. The van der Waals surface area contributed by atoms with Crippen LogP contribution < -0.4 is 0 Å². The predicted molar refractivity (Wildman–Crippen MR) is 68.9 cm³/mol. The quantitative estimate of drug-likeness (QED) is 0.901. The van der Waals surface area contributed by atoms with Gasteiger partial charge in [-0.1, -0.05) is 37.8 Å². The lowest BCUT2D eigenvalue weighted by Crippen LogP contribution is -2.22. The van der Waals surface area contributed by atoms with E-state index in [9.17, 15) is 5.11 Å². The van der Waals surface area contributed by atoms with Gasteiger partial charge in [-0.3, -0.25) is 4.68 Å². The van der Waals surface area contributed by atoms with Gasteiger partial charge in [-0.15, -0.1) is 0 Å². The Hall–Kier alpha value is -0.540. The van der Waals surface area contributed by atoms with E-state index >= 15 is 0 Å². The number of nitrogens with zero attached hydrogens (tertiary/aromatic N) is 2. The molecule has 0 saturated heterocycles. The number of halogens is 1. The molecule has 1 heterocycles. The highest BCUT2D eigenvalue weighted by molar-refractivity contribution is 6.31. The number of aryl methyl sites for hydroxylation is 1. The molecule has 17 heavy (non-hydrogen) atoms. The first kappa shape index (κ1) is 12.9. The highest BCUT2D eigenvalue weighted by atomic mass is 35.5. The van der Waals surface area contributed by atoms with E-state index in [1.165, 1.54) is 19.3 Å². The van der Waals surface area contributed by atoms with Crippen molar-refractivity contribution < 1.29 is 5.11 Å². The summed E-state index contributed by atoms with van der Waals surface area (Å²) in [5, 5.41) is 15.1. The van der Waals surface area contributed by atoms with Gasteiger partial charge >= 0.3 is 0 Å². The standard InChI is InChI=1S/C13H21ClN2O/c1-3-9-4-6-10(7-5-9)13(17)12-11(14)8-15-16(12)2/h8-10,13,17H,3-7H2,1-2H3. The molecule has 0 bridgehead atoms. The van der Waals surface area contributed by atoms with Crippen molar-refractivity contribution in [1.29, 1.82) is 0 Å². The first-order valence-corrected chi connectivity index (χ1v) is 6.86. The molecule has 0 radical (unpaired) electrons. The number of rotatable bonds is 3. The monoisotopic (exact) mass is 256 g/mol. The summed E-state index contributed by atoms with van der Waals surface area (Å²) in [7, 11) is 1.84. The molecule has 1 N–H and O–H groups in total. The second kappa shape index (κ2) is 5.40. The second-order valence-electron chi connectivity index (χ2n) is 5.14. The Kier molecular flexibility index (Phi) is 4.10. The van der Waals surface area contributed by atoms with Gasteiger partial charge < -0.3 is 5.11 Å². The van der Waals surface area contributed by atoms with Gasteiger partial charge in [0.2, 0.25) is 0 Å². The summed E-state index contributed by atoms with van der Waals surface area (Å²) in [6.07, 6.45) is 7.06. The molecule has 0 spiro atoms. The molecule has 1 saturated carbocycles. The van der Waals surface area contributed by atoms with E-state index in [1.54, 1.807) is 10.9 Å². The Labute approximate surface area is 108 Å². The zero-order valence-electron chi connectivity index (χ0n) is 10.6. The summed E-state index contributed by atoms with van der Waals surface area (Å²) >= 11 is 6.07. The second-order valence-corrected chi connectivity index (χ2v) is 5.54. The minimum atomic E-state index is -0.465. The fourth-order valence-corrected chi connectivity index (χ4v) is 3.17. The van der Waals surface area contributed by atoms with E-state index in [0.717, 1.165) is 24.5 Å². The lowest BCUT2D eigenvalue weighted by atomic mass is 9.78. The van der Waals surface area contributed by atoms with Gasteiger partial charge in [0.15, 0.2) is 0 Å². The number of hydrogen-bond acceptors (Lipinski definition) is 2. The molecular formula is C13H21ClN2O. The van der Waals surface area contributed by atoms with Crippen molar-refractivity contribution in [2.24, 2.45) is 18.9 Å². The van der Waals surface area contributed by atoms with Gasteiger partial charge in [0.25, 0.3) is 0 Å². The molecule has 0 aliphatic heterocycles. The lowest BCUT2D eigenvalue weighted by molar-refractivity contribution is 0.0666. The van der Waals surface area contributed by atoms with Gasteiger partial charge in [0, 0.05) is 7.05 Å². The number of aliphatic hydroxyl groups is 1. The molecule has 1 unspecified atom stereocenters. The molecule has 96 valence electrons. The van der Waals surface area contributed by atoms with E-state index in [-0.39, 0.29) is 0 Å². The van der Waals surface area contributed by atoms with E-state index in [1.807, 2.05) is 7.05 Å². The summed E-state index contributed by atoms with van der Waals surface area (Å²) in [5.74, 6) is 1.19. The summed E-state index contributed by atoms with van der Waals surface area (Å²) in [4.78, 5) is 0. The summed E-state index contributed by atoms with van der Waals surface area (Å²) in [6.45, 7) is 2.25. The van der Waals surface area contributed by atoms with Crippen molar-refractivity contribution in [2.45, 2.75) is 45.1 Å². The molecule has 3 nitrogen and oxygen atoms in total. The Balaban J connectivity index is 2.04. The van der Waals surface area contributed by atoms with Crippen molar-refractivity contribution in [3.8, 4) is 0 Å². The fourth-order valence-electron chi connectivity index (χ4n) is 2.89. The molecule has 0 aromatic carbocycles. The van der Waals surface area contributed by atoms with Gasteiger partial charge in [-0.25, -0.2) is 0 Å². The van der Waals surface area contributed by atoms with Crippen LogP contribution in [-0.4, -0.2) is 14.9 Å². The van der Waals surface area contributed by atoms with E-state index in [4.69, 9.17) is 11.6 Å². The molecular weight excluding hydrogens is 236 g/mol. The Morgan fingerprint density at radius 1 is 1.47 bits per heavy atom. The average Bonchev–Trinajstić information content (AvgIpc) is 2.68. The maximum atomic E-state index is 10.4. The summed E-state index contributed by atoms with van der Waals surface area (Å²) in [5.41, 5.74) is 0.770. The normalized spacial score (nSPS) is 27.1. The highest BCUT2D eigenvalue weighted by Crippen LogP contribution is 2.39. The number of hydrogen-bond donors (Lipinski definition) is 1. The van der Waals surface area contributed by atoms with Crippen LogP contribution in [0.15, 0.2) is 6.20 Å². The molecule has 1 aliphatic rings. The zero-order chi connectivity index (χ0) is 12.4. The minimum absolute atomic E-state index is 0.339. The van der Waals surface area contributed by atoms with E-state index in [2.05, 4.69) is 12.0 Å². The first-order valence-electron chi connectivity index (χ1n) is 6.49. The Bertz CT molecular complexity index is 350. The topological polar surface area (TPSA) is 38.1 Å². The van der Waals surface area contributed by atoms with Crippen LogP contribution in [0.3, 0.4) is 0 Å². The van der Waals surface area contributed by atoms with Crippen LogP contribution in [0.5, 0.6) is 0 Å². The van der Waals surface area contributed by atoms with Crippen LogP contribution in [-0.2, 0) is 7.05 Å². The maximum Gasteiger partial charge on any atom is 0.0999 e. The molecule has 1 aromatic rings. The third-order valence-corrected chi connectivity index (χ3v) is 4.42. The van der Waals surface area contributed by atoms with Crippen LogP contribution in [0.4, 0.5) is 0 Å². The Morgan fingerprint density at radius 2 is 2.12 bits per heavy atom. The zero-order valence-corrected chi connectivity index (χ0v) is 11.3. The molecule has 0 amide bonds. The molecule has 1 fully saturated rings. The first-order chi connectivity index (χ1) is 8.13. The predicted octanol–water partition coefficient (Wildman–Crippen LogP) is 3.32.